The van der Waals surface area contributed by atoms with Crippen LogP contribution in [0.3, 0.4) is 0 Å². The lowest BCUT2D eigenvalue weighted by molar-refractivity contribution is -0.115. The SMILES string of the molecule is NC(=O)CSCC(=O)c1ccccc1F. The van der Waals surface area contributed by atoms with E-state index in [1.54, 1.807) is 6.07 Å². The Morgan fingerprint density at radius 1 is 1.27 bits per heavy atom. The fourth-order valence-corrected chi connectivity index (χ4v) is 1.65. The average molecular weight is 227 g/mol. The van der Waals surface area contributed by atoms with Crippen molar-refractivity contribution in [3.05, 3.63) is 35.6 Å². The fraction of sp³-hybridized carbons (Fsp3) is 0.200. The molecule has 3 nitrogen and oxygen atoms in total. The van der Waals surface area contributed by atoms with Crippen molar-refractivity contribution in [2.75, 3.05) is 11.5 Å². The van der Waals surface area contributed by atoms with Gasteiger partial charge in [-0.1, -0.05) is 12.1 Å². The third-order valence-electron chi connectivity index (χ3n) is 1.65. The number of ketones is 1. The second kappa shape index (κ2) is 5.50. The van der Waals surface area contributed by atoms with E-state index in [-0.39, 0.29) is 22.9 Å². The normalized spacial score (nSPS) is 9.93. The molecule has 80 valence electrons. The molecule has 0 aliphatic heterocycles. The predicted octanol–water partition coefficient (Wildman–Crippen LogP) is 1.23. The number of primary amides is 1. The highest BCUT2D eigenvalue weighted by atomic mass is 32.2. The molecular formula is C10H10FNO2S. The van der Waals surface area contributed by atoms with Crippen molar-refractivity contribution in [3.8, 4) is 0 Å². The number of halogens is 1. The lowest BCUT2D eigenvalue weighted by atomic mass is 10.1. The zero-order valence-corrected chi connectivity index (χ0v) is 8.72. The van der Waals surface area contributed by atoms with Crippen LogP contribution in [0.1, 0.15) is 10.4 Å². The summed E-state index contributed by atoms with van der Waals surface area (Å²) in [6.07, 6.45) is 0. The van der Waals surface area contributed by atoms with Crippen molar-refractivity contribution in [1.29, 1.82) is 0 Å². The first-order valence-electron chi connectivity index (χ1n) is 4.25. The number of thioether (sulfide) groups is 1. The summed E-state index contributed by atoms with van der Waals surface area (Å²) >= 11 is 1.08. The highest BCUT2D eigenvalue weighted by molar-refractivity contribution is 8.00. The Labute approximate surface area is 90.8 Å². The Kier molecular flexibility index (Phi) is 4.30. The van der Waals surface area contributed by atoms with E-state index in [9.17, 15) is 14.0 Å². The van der Waals surface area contributed by atoms with E-state index in [0.717, 1.165) is 11.8 Å². The first-order chi connectivity index (χ1) is 7.11. The van der Waals surface area contributed by atoms with Crippen molar-refractivity contribution < 1.29 is 14.0 Å². The molecule has 1 aromatic rings. The largest absolute Gasteiger partial charge is 0.369 e. The van der Waals surface area contributed by atoms with Crippen molar-refractivity contribution in [2.45, 2.75) is 0 Å². The van der Waals surface area contributed by atoms with E-state index < -0.39 is 11.7 Å². The maximum atomic E-state index is 13.1. The molecule has 0 aliphatic carbocycles. The number of amides is 1. The molecule has 0 aromatic heterocycles. The van der Waals surface area contributed by atoms with Gasteiger partial charge in [0.25, 0.3) is 0 Å². The minimum Gasteiger partial charge on any atom is -0.369 e. The molecule has 5 heteroatoms. The zero-order chi connectivity index (χ0) is 11.3. The number of rotatable bonds is 5. The van der Waals surface area contributed by atoms with Gasteiger partial charge in [-0.05, 0) is 12.1 Å². The Morgan fingerprint density at radius 2 is 1.93 bits per heavy atom. The van der Waals surface area contributed by atoms with E-state index >= 15 is 0 Å². The maximum absolute atomic E-state index is 13.1. The van der Waals surface area contributed by atoms with Crippen LogP contribution in [0.2, 0.25) is 0 Å². The zero-order valence-electron chi connectivity index (χ0n) is 7.90. The smallest absolute Gasteiger partial charge is 0.227 e. The van der Waals surface area contributed by atoms with E-state index in [4.69, 9.17) is 5.73 Å². The van der Waals surface area contributed by atoms with Gasteiger partial charge in [0.1, 0.15) is 5.82 Å². The molecule has 0 unspecified atom stereocenters. The second-order valence-electron chi connectivity index (χ2n) is 2.86. The Balaban J connectivity index is 2.54. The second-order valence-corrected chi connectivity index (χ2v) is 3.85. The molecular weight excluding hydrogens is 217 g/mol. The maximum Gasteiger partial charge on any atom is 0.227 e. The van der Waals surface area contributed by atoms with Crippen LogP contribution >= 0.6 is 11.8 Å². The fourth-order valence-electron chi connectivity index (χ4n) is 1.01. The Morgan fingerprint density at radius 3 is 2.53 bits per heavy atom. The molecule has 15 heavy (non-hydrogen) atoms. The molecule has 0 spiro atoms. The van der Waals surface area contributed by atoms with Crippen molar-refractivity contribution in [1.82, 2.24) is 0 Å². The van der Waals surface area contributed by atoms with Gasteiger partial charge in [0, 0.05) is 0 Å². The first kappa shape index (κ1) is 11.7. The molecule has 0 bridgehead atoms. The lowest BCUT2D eigenvalue weighted by Gasteiger charge is -2.00. The third-order valence-corrected chi connectivity index (χ3v) is 2.61. The van der Waals surface area contributed by atoms with Crippen LogP contribution in [0.25, 0.3) is 0 Å². The summed E-state index contributed by atoms with van der Waals surface area (Å²) in [5.74, 6) is -1.23. The van der Waals surface area contributed by atoms with Crippen LogP contribution in [-0.4, -0.2) is 23.2 Å². The molecule has 0 atom stereocenters. The minimum atomic E-state index is -0.540. The molecule has 1 rings (SSSR count). The molecule has 0 radical (unpaired) electrons. The van der Waals surface area contributed by atoms with Crippen LogP contribution in [0, 0.1) is 5.82 Å². The molecule has 0 fully saturated rings. The van der Waals surface area contributed by atoms with E-state index in [1.165, 1.54) is 18.2 Å². The van der Waals surface area contributed by atoms with E-state index in [0.29, 0.717) is 0 Å². The van der Waals surface area contributed by atoms with E-state index in [2.05, 4.69) is 0 Å². The number of carbonyl (C=O) groups excluding carboxylic acids is 2. The molecule has 1 amide bonds. The highest BCUT2D eigenvalue weighted by Crippen LogP contribution is 2.10. The summed E-state index contributed by atoms with van der Waals surface area (Å²) < 4.78 is 13.1. The van der Waals surface area contributed by atoms with Crippen molar-refractivity contribution >= 4 is 23.5 Å². The summed E-state index contributed by atoms with van der Waals surface area (Å²) in [5.41, 5.74) is 4.95. The number of nitrogens with two attached hydrogens (primary N) is 1. The van der Waals surface area contributed by atoms with Gasteiger partial charge >= 0.3 is 0 Å². The quantitative estimate of drug-likeness (QED) is 0.769. The molecule has 0 heterocycles. The average Bonchev–Trinajstić information content (AvgIpc) is 2.17. The lowest BCUT2D eigenvalue weighted by Crippen LogP contribution is -2.15. The summed E-state index contributed by atoms with van der Waals surface area (Å²) in [6, 6.07) is 5.76. The number of hydrogen-bond acceptors (Lipinski definition) is 3. The molecule has 0 saturated heterocycles. The van der Waals surface area contributed by atoms with Crippen LogP contribution in [0.5, 0.6) is 0 Å². The topological polar surface area (TPSA) is 60.2 Å². The summed E-state index contributed by atoms with van der Waals surface area (Å²) in [4.78, 5) is 21.8. The van der Waals surface area contributed by atoms with Crippen LogP contribution in [0.15, 0.2) is 24.3 Å². The Bertz CT molecular complexity index is 381. The number of hydrogen-bond donors (Lipinski definition) is 1. The molecule has 0 aliphatic rings. The van der Waals surface area contributed by atoms with Crippen LogP contribution in [0.4, 0.5) is 4.39 Å². The number of benzene rings is 1. The van der Waals surface area contributed by atoms with Gasteiger partial charge in [0.05, 0.1) is 17.1 Å². The molecule has 0 saturated carbocycles. The number of Topliss-reactive ketones (excluding diaryl/α,β-unsaturated/α-hetero) is 1. The first-order valence-corrected chi connectivity index (χ1v) is 5.40. The van der Waals surface area contributed by atoms with Gasteiger partial charge in [-0.2, -0.15) is 0 Å². The number of carbonyl (C=O) groups is 2. The third kappa shape index (κ3) is 3.71. The van der Waals surface area contributed by atoms with Crippen LogP contribution < -0.4 is 5.73 Å². The van der Waals surface area contributed by atoms with Gasteiger partial charge in [-0.25, -0.2) is 4.39 Å². The van der Waals surface area contributed by atoms with Gasteiger partial charge < -0.3 is 5.73 Å². The standard InChI is InChI=1S/C10H10FNO2S/c11-8-4-2-1-3-7(8)9(13)5-15-6-10(12)14/h1-4H,5-6H2,(H2,12,14). The van der Waals surface area contributed by atoms with Crippen molar-refractivity contribution in [3.63, 3.8) is 0 Å². The minimum absolute atomic E-state index is 0.0504. The highest BCUT2D eigenvalue weighted by Gasteiger charge is 2.10. The predicted molar refractivity (Wildman–Crippen MR) is 57.2 cm³/mol. The monoisotopic (exact) mass is 227 g/mol. The summed E-state index contributed by atoms with van der Waals surface area (Å²) in [6.45, 7) is 0. The summed E-state index contributed by atoms with van der Waals surface area (Å²) in [7, 11) is 0. The van der Waals surface area contributed by atoms with Gasteiger partial charge in [0.15, 0.2) is 5.78 Å². The van der Waals surface area contributed by atoms with E-state index in [1.807, 2.05) is 0 Å². The van der Waals surface area contributed by atoms with Gasteiger partial charge in [-0.15, -0.1) is 11.8 Å². The van der Waals surface area contributed by atoms with Gasteiger partial charge in [0.2, 0.25) is 5.91 Å². The van der Waals surface area contributed by atoms with Crippen LogP contribution in [-0.2, 0) is 4.79 Å². The van der Waals surface area contributed by atoms with Gasteiger partial charge in [-0.3, -0.25) is 9.59 Å². The summed E-state index contributed by atoms with van der Waals surface area (Å²) in [5, 5.41) is 0. The molecule has 2 N–H and O–H groups in total. The Hall–Kier alpha value is -1.36. The molecule has 1 aromatic carbocycles. The van der Waals surface area contributed by atoms with Crippen molar-refractivity contribution in [2.24, 2.45) is 5.73 Å².